The molecule has 4 rings (SSSR count). The van der Waals surface area contributed by atoms with Crippen LogP contribution in [0.15, 0.2) is 12.1 Å². The summed E-state index contributed by atoms with van der Waals surface area (Å²) < 4.78 is 0. The first kappa shape index (κ1) is 16.8. The van der Waals surface area contributed by atoms with Crippen molar-refractivity contribution < 1.29 is 9.90 Å². The third-order valence-electron chi connectivity index (χ3n) is 5.49. The van der Waals surface area contributed by atoms with Crippen molar-refractivity contribution >= 4 is 17.2 Å². The molecular formula is C19H25N3O2S. The van der Waals surface area contributed by atoms with Gasteiger partial charge in [-0.25, -0.2) is 0 Å². The van der Waals surface area contributed by atoms with Crippen molar-refractivity contribution in [2.75, 3.05) is 13.1 Å². The number of aromatic nitrogens is 2. The van der Waals surface area contributed by atoms with Crippen LogP contribution >= 0.6 is 11.3 Å². The molecule has 5 nitrogen and oxygen atoms in total. The molecule has 0 saturated carbocycles. The Morgan fingerprint density at radius 3 is 3.12 bits per heavy atom. The molecule has 0 spiro atoms. The summed E-state index contributed by atoms with van der Waals surface area (Å²) in [5.74, 6) is 1.16. The van der Waals surface area contributed by atoms with Crippen molar-refractivity contribution in [2.45, 2.75) is 51.6 Å². The molecule has 0 bridgehead atoms. The van der Waals surface area contributed by atoms with Crippen molar-refractivity contribution in [1.82, 2.24) is 15.1 Å². The molecule has 25 heavy (non-hydrogen) atoms. The number of carbonyl (C=O) groups is 1. The predicted octanol–water partition coefficient (Wildman–Crippen LogP) is 3.11. The highest BCUT2D eigenvalue weighted by molar-refractivity contribution is 7.14. The first-order chi connectivity index (χ1) is 12.1. The molecule has 2 unspecified atom stereocenters. The van der Waals surface area contributed by atoms with Gasteiger partial charge in [0, 0.05) is 23.9 Å². The second kappa shape index (κ2) is 6.92. The Balaban J connectivity index is 1.48. The fourth-order valence-electron chi connectivity index (χ4n) is 4.04. The standard InChI is InChI=1S/C19H25N3O2S/c1-12-4-5-17-14(7-12)8-18(25-17)19(24)22-6-2-3-13(10-22)16-9-15(11-23)20-21-16/h8-9,12-13,23H,2-7,10-11H2,1H3,(H,20,21). The van der Waals surface area contributed by atoms with E-state index in [-0.39, 0.29) is 18.4 Å². The van der Waals surface area contributed by atoms with Gasteiger partial charge >= 0.3 is 0 Å². The molecule has 3 heterocycles. The lowest BCUT2D eigenvalue weighted by molar-refractivity contribution is 0.0710. The normalized spacial score (nSPS) is 23.5. The largest absolute Gasteiger partial charge is 0.390 e. The van der Waals surface area contributed by atoms with Crippen LogP contribution in [0.2, 0.25) is 0 Å². The SMILES string of the molecule is CC1CCc2sc(C(=O)N3CCCC(c4cc(CO)[nH]n4)C3)cc2C1. The van der Waals surface area contributed by atoms with E-state index in [1.165, 1.54) is 16.9 Å². The molecule has 0 aromatic carbocycles. The summed E-state index contributed by atoms with van der Waals surface area (Å²) >= 11 is 1.70. The molecular weight excluding hydrogens is 334 g/mol. The number of aliphatic hydroxyl groups is 1. The Morgan fingerprint density at radius 1 is 1.44 bits per heavy atom. The summed E-state index contributed by atoms with van der Waals surface area (Å²) in [7, 11) is 0. The van der Waals surface area contributed by atoms with Gasteiger partial charge in [-0.2, -0.15) is 5.10 Å². The van der Waals surface area contributed by atoms with Gasteiger partial charge in [0.2, 0.25) is 0 Å². The molecule has 134 valence electrons. The zero-order chi connectivity index (χ0) is 17.4. The minimum absolute atomic E-state index is 0.0263. The fraction of sp³-hybridized carbons (Fsp3) is 0.579. The van der Waals surface area contributed by atoms with Gasteiger partial charge in [0.15, 0.2) is 0 Å². The van der Waals surface area contributed by atoms with Crippen molar-refractivity contribution in [3.63, 3.8) is 0 Å². The summed E-state index contributed by atoms with van der Waals surface area (Å²) in [6.07, 6.45) is 5.50. The maximum atomic E-state index is 13.0. The Kier molecular flexibility index (Phi) is 4.65. The minimum atomic E-state index is -0.0263. The van der Waals surface area contributed by atoms with Crippen LogP contribution in [0.4, 0.5) is 0 Å². The predicted molar refractivity (Wildman–Crippen MR) is 97.9 cm³/mol. The van der Waals surface area contributed by atoms with Gasteiger partial charge in [0.25, 0.3) is 5.91 Å². The Labute approximate surface area is 152 Å². The Bertz CT molecular complexity index is 767. The van der Waals surface area contributed by atoms with Crippen LogP contribution in [0.5, 0.6) is 0 Å². The lowest BCUT2D eigenvalue weighted by Gasteiger charge is -2.31. The number of carbonyl (C=O) groups excluding carboxylic acids is 1. The number of hydrogen-bond acceptors (Lipinski definition) is 4. The molecule has 2 aliphatic rings. The number of thiophene rings is 1. The summed E-state index contributed by atoms with van der Waals surface area (Å²) in [5.41, 5.74) is 3.08. The van der Waals surface area contributed by atoms with Crippen LogP contribution in [0.1, 0.15) is 63.6 Å². The van der Waals surface area contributed by atoms with Crippen LogP contribution in [-0.2, 0) is 19.4 Å². The molecule has 0 radical (unpaired) electrons. The zero-order valence-corrected chi connectivity index (χ0v) is 15.4. The molecule has 2 aromatic heterocycles. The summed E-state index contributed by atoms with van der Waals surface area (Å²) in [6.45, 7) is 3.81. The summed E-state index contributed by atoms with van der Waals surface area (Å²) in [4.78, 5) is 17.3. The van der Waals surface area contributed by atoms with Gasteiger partial charge in [0.1, 0.15) is 0 Å². The van der Waals surface area contributed by atoms with E-state index in [0.29, 0.717) is 6.54 Å². The molecule has 1 saturated heterocycles. The van der Waals surface area contributed by atoms with E-state index in [4.69, 9.17) is 0 Å². The topological polar surface area (TPSA) is 69.2 Å². The number of fused-ring (bicyclic) bond motifs is 1. The molecule has 1 aliphatic heterocycles. The highest BCUT2D eigenvalue weighted by Gasteiger charge is 2.29. The monoisotopic (exact) mass is 359 g/mol. The first-order valence-corrected chi connectivity index (χ1v) is 10.0. The van der Waals surface area contributed by atoms with Crippen molar-refractivity contribution in [3.8, 4) is 0 Å². The number of nitrogens with zero attached hydrogens (tertiary/aromatic N) is 2. The number of rotatable bonds is 3. The highest BCUT2D eigenvalue weighted by Crippen LogP contribution is 2.34. The van der Waals surface area contributed by atoms with Crippen LogP contribution in [-0.4, -0.2) is 39.2 Å². The highest BCUT2D eigenvalue weighted by atomic mass is 32.1. The number of H-pyrrole nitrogens is 1. The van der Waals surface area contributed by atoms with Crippen LogP contribution in [0, 0.1) is 5.92 Å². The number of likely N-dealkylation sites (tertiary alicyclic amines) is 1. The van der Waals surface area contributed by atoms with Crippen molar-refractivity contribution in [2.24, 2.45) is 5.92 Å². The number of aryl methyl sites for hydroxylation is 1. The number of aliphatic hydroxyl groups excluding tert-OH is 1. The second-order valence-electron chi connectivity index (χ2n) is 7.47. The molecule has 6 heteroatoms. The van der Waals surface area contributed by atoms with E-state index in [9.17, 15) is 9.90 Å². The number of nitrogens with one attached hydrogen (secondary N) is 1. The van der Waals surface area contributed by atoms with E-state index in [0.717, 1.165) is 54.4 Å². The third-order valence-corrected chi connectivity index (χ3v) is 6.71. The first-order valence-electron chi connectivity index (χ1n) is 9.20. The molecule has 2 aromatic rings. The number of amides is 1. The smallest absolute Gasteiger partial charge is 0.263 e. The summed E-state index contributed by atoms with van der Waals surface area (Å²) in [5, 5.41) is 16.4. The summed E-state index contributed by atoms with van der Waals surface area (Å²) in [6, 6.07) is 4.06. The molecule has 2 atom stereocenters. The lowest BCUT2D eigenvalue weighted by atomic mass is 9.90. The van der Waals surface area contributed by atoms with Gasteiger partial charge in [-0.3, -0.25) is 9.89 Å². The molecule has 1 aliphatic carbocycles. The van der Waals surface area contributed by atoms with E-state index < -0.39 is 0 Å². The zero-order valence-electron chi connectivity index (χ0n) is 14.6. The van der Waals surface area contributed by atoms with E-state index >= 15 is 0 Å². The Morgan fingerprint density at radius 2 is 2.32 bits per heavy atom. The van der Waals surface area contributed by atoms with Gasteiger partial charge in [-0.05, 0) is 55.7 Å². The van der Waals surface area contributed by atoms with Crippen LogP contribution in [0.25, 0.3) is 0 Å². The second-order valence-corrected chi connectivity index (χ2v) is 8.61. The average Bonchev–Trinajstić information content (AvgIpc) is 3.27. The maximum Gasteiger partial charge on any atom is 0.263 e. The maximum absolute atomic E-state index is 13.0. The average molecular weight is 359 g/mol. The Hall–Kier alpha value is -1.66. The van der Waals surface area contributed by atoms with Gasteiger partial charge in [-0.1, -0.05) is 6.92 Å². The van der Waals surface area contributed by atoms with Crippen LogP contribution < -0.4 is 0 Å². The number of hydrogen-bond donors (Lipinski definition) is 2. The van der Waals surface area contributed by atoms with Crippen LogP contribution in [0.3, 0.4) is 0 Å². The van der Waals surface area contributed by atoms with Gasteiger partial charge in [-0.15, -0.1) is 11.3 Å². The van der Waals surface area contributed by atoms with Gasteiger partial charge < -0.3 is 10.0 Å². The number of piperidine rings is 1. The minimum Gasteiger partial charge on any atom is -0.390 e. The van der Waals surface area contributed by atoms with E-state index in [1.54, 1.807) is 11.3 Å². The molecule has 1 amide bonds. The van der Waals surface area contributed by atoms with Crippen molar-refractivity contribution in [3.05, 3.63) is 38.8 Å². The lowest BCUT2D eigenvalue weighted by Crippen LogP contribution is -2.38. The number of aromatic amines is 1. The fourth-order valence-corrected chi connectivity index (χ4v) is 5.22. The molecule has 2 N–H and O–H groups in total. The van der Waals surface area contributed by atoms with Crippen molar-refractivity contribution in [1.29, 1.82) is 0 Å². The van der Waals surface area contributed by atoms with Gasteiger partial charge in [0.05, 0.1) is 22.9 Å². The molecule has 1 fully saturated rings. The quantitative estimate of drug-likeness (QED) is 0.885. The third kappa shape index (κ3) is 3.37. The van der Waals surface area contributed by atoms with E-state index in [1.807, 2.05) is 11.0 Å². The van der Waals surface area contributed by atoms with E-state index in [2.05, 4.69) is 23.2 Å².